The van der Waals surface area contributed by atoms with Crippen LogP contribution in [0.1, 0.15) is 30.9 Å². The highest BCUT2D eigenvalue weighted by atomic mass is 35.5. The largest absolute Gasteiger partial charge is 0.504 e. The number of halogens is 3. The number of phenols is 1. The molecule has 0 unspecified atom stereocenters. The molecule has 1 saturated heterocycles. The van der Waals surface area contributed by atoms with Crippen LogP contribution >= 0.6 is 24.8 Å². The van der Waals surface area contributed by atoms with Crippen LogP contribution in [0, 0.1) is 11.7 Å². The molecule has 1 aliphatic carbocycles. The van der Waals surface area contributed by atoms with Crippen molar-refractivity contribution < 1.29 is 14.2 Å². The van der Waals surface area contributed by atoms with Crippen LogP contribution in [-0.2, 0) is 0 Å². The van der Waals surface area contributed by atoms with Crippen LogP contribution in [0.25, 0.3) is 0 Å². The predicted octanol–water partition coefficient (Wildman–Crippen LogP) is 3.13. The second kappa shape index (κ2) is 8.92. The normalized spacial score (nSPS) is 19.9. The number of hydrogen-bond acceptors (Lipinski definition) is 4. The summed E-state index contributed by atoms with van der Waals surface area (Å²) in [4.78, 5) is 2.37. The zero-order valence-corrected chi connectivity index (χ0v) is 14.9. The van der Waals surface area contributed by atoms with Crippen molar-refractivity contribution in [1.29, 1.82) is 0 Å². The second-order valence-corrected chi connectivity index (χ2v) is 5.97. The number of ether oxygens (including phenoxy) is 1. The number of nitrogens with zero attached hydrogens (tertiary/aromatic N) is 1. The highest BCUT2D eigenvalue weighted by molar-refractivity contribution is 5.85. The lowest BCUT2D eigenvalue weighted by Gasteiger charge is -2.43. The lowest BCUT2D eigenvalue weighted by atomic mass is 9.76. The van der Waals surface area contributed by atoms with Gasteiger partial charge in [-0.05, 0) is 24.8 Å². The van der Waals surface area contributed by atoms with Gasteiger partial charge >= 0.3 is 0 Å². The zero-order valence-electron chi connectivity index (χ0n) is 13.3. The van der Waals surface area contributed by atoms with Gasteiger partial charge in [0.2, 0.25) is 0 Å². The first kappa shape index (κ1) is 20.3. The number of phenolic OH excluding ortho intramolecular Hbond substituents is 1. The van der Waals surface area contributed by atoms with E-state index in [4.69, 9.17) is 4.74 Å². The van der Waals surface area contributed by atoms with Crippen LogP contribution in [-0.4, -0.2) is 43.3 Å². The molecule has 4 nitrogen and oxygen atoms in total. The maximum Gasteiger partial charge on any atom is 0.163 e. The molecular weight excluding hydrogens is 342 g/mol. The molecule has 0 amide bonds. The molecule has 1 heterocycles. The van der Waals surface area contributed by atoms with Crippen molar-refractivity contribution in [1.82, 2.24) is 10.2 Å². The number of methoxy groups -OCH3 is 1. The van der Waals surface area contributed by atoms with Crippen LogP contribution in [0.4, 0.5) is 4.39 Å². The average Bonchev–Trinajstić information content (AvgIpc) is 2.46. The number of aromatic hydroxyl groups is 1. The van der Waals surface area contributed by atoms with Gasteiger partial charge in [-0.2, -0.15) is 0 Å². The van der Waals surface area contributed by atoms with Gasteiger partial charge in [0.05, 0.1) is 7.11 Å². The Morgan fingerprint density at radius 3 is 2.43 bits per heavy atom. The van der Waals surface area contributed by atoms with E-state index >= 15 is 0 Å². The van der Waals surface area contributed by atoms with Crippen molar-refractivity contribution in [3.63, 3.8) is 0 Å². The van der Waals surface area contributed by atoms with Crippen molar-refractivity contribution >= 4 is 24.8 Å². The van der Waals surface area contributed by atoms with Crippen LogP contribution < -0.4 is 10.1 Å². The van der Waals surface area contributed by atoms with Gasteiger partial charge in [0.25, 0.3) is 0 Å². The molecule has 1 aromatic rings. The van der Waals surface area contributed by atoms with E-state index in [1.54, 1.807) is 0 Å². The van der Waals surface area contributed by atoms with E-state index in [9.17, 15) is 9.50 Å². The third-order valence-electron chi connectivity index (χ3n) is 4.75. The summed E-state index contributed by atoms with van der Waals surface area (Å²) in [5.41, 5.74) is 0.679. The van der Waals surface area contributed by atoms with Crippen LogP contribution in [0.3, 0.4) is 0 Å². The number of nitrogens with one attached hydrogen (secondary N) is 1. The maximum absolute atomic E-state index is 13.9. The molecule has 2 fully saturated rings. The molecule has 0 radical (unpaired) electrons. The van der Waals surface area contributed by atoms with Crippen molar-refractivity contribution in [2.45, 2.75) is 25.3 Å². The quantitative estimate of drug-likeness (QED) is 0.858. The van der Waals surface area contributed by atoms with Crippen molar-refractivity contribution in [2.75, 3.05) is 33.3 Å². The monoisotopic (exact) mass is 366 g/mol. The lowest BCUT2D eigenvalue weighted by molar-refractivity contribution is 0.0814. The first-order valence-corrected chi connectivity index (χ1v) is 7.72. The summed E-state index contributed by atoms with van der Waals surface area (Å²) in [5, 5.41) is 13.8. The third-order valence-corrected chi connectivity index (χ3v) is 4.75. The zero-order chi connectivity index (χ0) is 14.8. The average molecular weight is 367 g/mol. The van der Waals surface area contributed by atoms with Crippen LogP contribution in [0.2, 0.25) is 0 Å². The Morgan fingerprint density at radius 2 is 1.91 bits per heavy atom. The molecule has 2 N–H and O–H groups in total. The number of benzene rings is 1. The van der Waals surface area contributed by atoms with E-state index in [1.807, 2.05) is 0 Å². The van der Waals surface area contributed by atoms with Gasteiger partial charge in [-0.3, -0.25) is 4.90 Å². The topological polar surface area (TPSA) is 44.7 Å². The molecule has 23 heavy (non-hydrogen) atoms. The number of piperazine rings is 1. The molecule has 3 rings (SSSR count). The van der Waals surface area contributed by atoms with Crippen molar-refractivity contribution in [2.24, 2.45) is 5.92 Å². The summed E-state index contributed by atoms with van der Waals surface area (Å²) in [6.07, 6.45) is 3.51. The highest BCUT2D eigenvalue weighted by Gasteiger charge is 2.36. The number of rotatable bonds is 4. The summed E-state index contributed by atoms with van der Waals surface area (Å²) in [6, 6.07) is 2.81. The molecule has 1 saturated carbocycles. The van der Waals surface area contributed by atoms with E-state index in [1.165, 1.54) is 25.7 Å². The molecular formula is C16H25Cl2FN2O2. The first-order valence-electron chi connectivity index (χ1n) is 7.72. The Bertz CT molecular complexity index is 509. The molecule has 1 aromatic carbocycles. The Kier molecular flexibility index (Phi) is 7.87. The third kappa shape index (κ3) is 4.21. The molecule has 2 aliphatic rings. The summed E-state index contributed by atoms with van der Waals surface area (Å²) in [5.74, 6) is 0.471. The summed E-state index contributed by atoms with van der Waals surface area (Å²) < 4.78 is 19.0. The second-order valence-electron chi connectivity index (χ2n) is 5.97. The lowest BCUT2D eigenvalue weighted by Crippen LogP contribution is -2.47. The molecule has 132 valence electrons. The summed E-state index contributed by atoms with van der Waals surface area (Å²) in [7, 11) is 1.46. The van der Waals surface area contributed by atoms with Crippen LogP contribution in [0.5, 0.6) is 11.5 Å². The predicted molar refractivity (Wildman–Crippen MR) is 93.6 cm³/mol. The Morgan fingerprint density at radius 1 is 1.26 bits per heavy atom. The Hall–Kier alpha value is -0.750. The summed E-state index contributed by atoms with van der Waals surface area (Å²) in [6.45, 7) is 3.74. The maximum atomic E-state index is 13.9. The Labute approximate surface area is 149 Å². The van der Waals surface area contributed by atoms with E-state index in [0.717, 1.165) is 39.0 Å². The molecule has 0 aromatic heterocycles. The van der Waals surface area contributed by atoms with Gasteiger partial charge in [-0.25, -0.2) is 4.39 Å². The van der Waals surface area contributed by atoms with Gasteiger partial charge in [-0.15, -0.1) is 24.8 Å². The van der Waals surface area contributed by atoms with Crippen LogP contribution in [0.15, 0.2) is 12.1 Å². The molecule has 7 heteroatoms. The van der Waals surface area contributed by atoms with Crippen molar-refractivity contribution in [3.8, 4) is 11.5 Å². The number of hydrogen-bond donors (Lipinski definition) is 2. The molecule has 0 bridgehead atoms. The van der Waals surface area contributed by atoms with Gasteiger partial charge < -0.3 is 15.2 Å². The Balaban J connectivity index is 0.00000132. The first-order chi connectivity index (χ1) is 10.2. The molecule has 0 spiro atoms. The molecule has 1 atom stereocenters. The van der Waals surface area contributed by atoms with Gasteiger partial charge in [0.1, 0.15) is 5.82 Å². The highest BCUT2D eigenvalue weighted by Crippen LogP contribution is 2.46. The fraction of sp³-hybridized carbons (Fsp3) is 0.625. The summed E-state index contributed by atoms with van der Waals surface area (Å²) >= 11 is 0. The fourth-order valence-corrected chi connectivity index (χ4v) is 3.44. The molecule has 1 aliphatic heterocycles. The fourth-order valence-electron chi connectivity index (χ4n) is 3.44. The van der Waals surface area contributed by atoms with Gasteiger partial charge in [-0.1, -0.05) is 6.42 Å². The van der Waals surface area contributed by atoms with E-state index in [0.29, 0.717) is 11.5 Å². The van der Waals surface area contributed by atoms with Gasteiger partial charge in [0.15, 0.2) is 11.5 Å². The minimum Gasteiger partial charge on any atom is -0.504 e. The van der Waals surface area contributed by atoms with E-state index < -0.39 is 0 Å². The SMILES string of the molecule is COc1cc(F)cc([C@@H](C2CCC2)N2CCNCC2)c1O.Cl.Cl. The van der Waals surface area contributed by atoms with E-state index in [-0.39, 0.29) is 48.2 Å². The minimum atomic E-state index is -0.348. The van der Waals surface area contributed by atoms with E-state index in [2.05, 4.69) is 10.2 Å². The van der Waals surface area contributed by atoms with Gasteiger partial charge in [0, 0.05) is 43.9 Å². The van der Waals surface area contributed by atoms with Crippen molar-refractivity contribution in [3.05, 3.63) is 23.5 Å². The smallest absolute Gasteiger partial charge is 0.163 e. The minimum absolute atomic E-state index is 0. The standard InChI is InChI=1S/C16H23FN2O2.2ClH/c1-21-14-10-12(17)9-13(16(14)20)15(11-3-2-4-11)19-7-5-18-6-8-19;;/h9-11,15,18,20H,2-8H2,1H3;2*1H/t15-;;/m1../s1.